The number of likely N-dealkylation sites (tertiary alicyclic amines) is 1. The Hall–Kier alpha value is -2.62. The molecular weight excluding hydrogens is 430 g/mol. The number of amides is 3. The van der Waals surface area contributed by atoms with Crippen LogP contribution in [0.1, 0.15) is 66.7 Å². The number of aliphatic hydroxyl groups excluding tert-OH is 1. The predicted molar refractivity (Wildman–Crippen MR) is 122 cm³/mol. The maximum absolute atomic E-state index is 12.9. The monoisotopic (exact) mass is 469 g/mol. The number of aliphatic hydroxyl groups is 1. The van der Waals surface area contributed by atoms with E-state index in [4.69, 9.17) is 4.74 Å². The Bertz CT molecular complexity index is 717. The van der Waals surface area contributed by atoms with Crippen LogP contribution in [0.4, 0.5) is 4.79 Å². The van der Waals surface area contributed by atoms with Gasteiger partial charge in [-0.1, -0.05) is 38.8 Å². The van der Waals surface area contributed by atoms with Gasteiger partial charge in [0.2, 0.25) is 11.8 Å². The van der Waals surface area contributed by atoms with Gasteiger partial charge in [0.25, 0.3) is 0 Å². The third-order valence-electron chi connectivity index (χ3n) is 5.19. The van der Waals surface area contributed by atoms with E-state index in [1.54, 1.807) is 33.8 Å². The second kappa shape index (κ2) is 13.2. The first-order chi connectivity index (χ1) is 15.4. The van der Waals surface area contributed by atoms with Crippen molar-refractivity contribution >= 4 is 23.9 Å². The number of carboxylic acids is 1. The molecule has 0 spiro atoms. The molecule has 0 saturated carbocycles. The fourth-order valence-electron chi connectivity index (χ4n) is 3.50. The zero-order chi connectivity index (χ0) is 25.2. The first kappa shape index (κ1) is 28.4. The maximum Gasteiger partial charge on any atom is 0.408 e. The summed E-state index contributed by atoms with van der Waals surface area (Å²) in [6.07, 6.45) is 6.00. The van der Waals surface area contributed by atoms with Gasteiger partial charge in [-0.2, -0.15) is 0 Å². The lowest BCUT2D eigenvalue weighted by Crippen LogP contribution is -2.53. The molecule has 1 rings (SSSR count). The number of ether oxygens (including phenoxy) is 1. The number of carbonyl (C=O) groups excluding carboxylic acids is 3. The highest BCUT2D eigenvalue weighted by atomic mass is 16.6. The summed E-state index contributed by atoms with van der Waals surface area (Å²) in [5, 5.41) is 24.5. The van der Waals surface area contributed by atoms with E-state index in [-0.39, 0.29) is 13.0 Å². The highest BCUT2D eigenvalue weighted by Gasteiger charge is 2.40. The summed E-state index contributed by atoms with van der Waals surface area (Å²) >= 11 is 0. The summed E-state index contributed by atoms with van der Waals surface area (Å²) in [5.74, 6) is -2.88. The van der Waals surface area contributed by atoms with E-state index in [1.165, 1.54) is 0 Å². The second-order valence-electron chi connectivity index (χ2n) is 9.41. The number of β-amino-alcohol motifs (C(OH)–C–C–N with tert-alkyl or cyclic N) is 1. The number of allylic oxidation sites excluding steroid dienone is 1. The van der Waals surface area contributed by atoms with Gasteiger partial charge in [-0.15, -0.1) is 0 Å². The van der Waals surface area contributed by atoms with Gasteiger partial charge < -0.3 is 30.5 Å². The summed E-state index contributed by atoms with van der Waals surface area (Å²) in [6, 6.07) is -2.20. The number of unbranched alkanes of at least 4 members (excludes halogenated alkanes) is 3. The molecule has 0 aromatic rings. The van der Waals surface area contributed by atoms with E-state index in [2.05, 4.69) is 17.6 Å². The topological polar surface area (TPSA) is 145 Å². The Labute approximate surface area is 195 Å². The van der Waals surface area contributed by atoms with Crippen molar-refractivity contribution in [3.63, 3.8) is 0 Å². The molecule has 1 aliphatic heterocycles. The van der Waals surface area contributed by atoms with Crippen LogP contribution in [-0.4, -0.2) is 75.9 Å². The molecule has 4 N–H and O–H groups in total. The van der Waals surface area contributed by atoms with Gasteiger partial charge in [0.05, 0.1) is 6.10 Å². The summed E-state index contributed by atoms with van der Waals surface area (Å²) in [5.41, 5.74) is -0.730. The first-order valence-electron chi connectivity index (χ1n) is 11.5. The minimum Gasteiger partial charge on any atom is -0.480 e. The Morgan fingerprint density at radius 2 is 1.88 bits per heavy atom. The largest absolute Gasteiger partial charge is 0.480 e. The van der Waals surface area contributed by atoms with Crippen molar-refractivity contribution in [3.8, 4) is 0 Å². The average Bonchev–Trinajstić information content (AvgIpc) is 3.10. The van der Waals surface area contributed by atoms with Crippen LogP contribution in [-0.2, 0) is 19.1 Å². The van der Waals surface area contributed by atoms with Gasteiger partial charge in [0, 0.05) is 18.9 Å². The zero-order valence-electron chi connectivity index (χ0n) is 20.3. The fraction of sp³-hybridized carbons (Fsp3) is 0.739. The highest BCUT2D eigenvalue weighted by Crippen LogP contribution is 2.19. The van der Waals surface area contributed by atoms with Crippen LogP contribution < -0.4 is 10.6 Å². The summed E-state index contributed by atoms with van der Waals surface area (Å²) in [6.45, 7) is 8.36. The standard InChI is InChI=1S/C23H39N3O7/c1-6-7-8-9-10-11-15(2)19(21(30)31)25-20(29)17-12-16(27)14-26(17)18(28)13-24-22(32)33-23(3,4)5/h10-11,15-17,19,27H,6-9,12-14H2,1-5H3,(H,24,32)(H,25,29)(H,30,31)/b11-10-/t15?,16?,17-,19?/m0/s1. The SMILES string of the molecule is CCCCC/C=C\C(C)C(NC(=O)[C@@H]1CC(O)CN1C(=O)CNC(=O)OC(C)(C)C)C(=O)O. The second-order valence-corrected chi connectivity index (χ2v) is 9.41. The van der Waals surface area contributed by atoms with Gasteiger partial charge in [0.1, 0.15) is 24.2 Å². The molecule has 0 radical (unpaired) electrons. The number of carboxylic acid groups (broad SMARTS) is 1. The Balaban J connectivity index is 2.75. The molecule has 4 atom stereocenters. The van der Waals surface area contributed by atoms with Crippen LogP contribution in [0.2, 0.25) is 0 Å². The summed E-state index contributed by atoms with van der Waals surface area (Å²) < 4.78 is 5.08. The van der Waals surface area contributed by atoms with Crippen LogP contribution in [0.15, 0.2) is 12.2 Å². The van der Waals surface area contributed by atoms with E-state index >= 15 is 0 Å². The molecule has 10 nitrogen and oxygen atoms in total. The molecular formula is C23H39N3O7. The average molecular weight is 470 g/mol. The minimum absolute atomic E-state index is 0.0163. The number of alkyl carbamates (subject to hydrolysis) is 1. The third-order valence-corrected chi connectivity index (χ3v) is 5.19. The first-order valence-corrected chi connectivity index (χ1v) is 11.5. The number of hydrogen-bond acceptors (Lipinski definition) is 6. The van der Waals surface area contributed by atoms with Crippen LogP contribution in [0.3, 0.4) is 0 Å². The molecule has 0 aromatic heterocycles. The quantitative estimate of drug-likeness (QED) is 0.267. The van der Waals surface area contributed by atoms with Crippen molar-refractivity contribution in [2.75, 3.05) is 13.1 Å². The van der Waals surface area contributed by atoms with Gasteiger partial charge >= 0.3 is 12.1 Å². The molecule has 0 bridgehead atoms. The zero-order valence-corrected chi connectivity index (χ0v) is 20.3. The number of nitrogens with zero attached hydrogens (tertiary/aromatic N) is 1. The van der Waals surface area contributed by atoms with E-state index < -0.39 is 60.1 Å². The molecule has 33 heavy (non-hydrogen) atoms. The Kier molecular flexibility index (Phi) is 11.3. The normalized spacial score (nSPS) is 20.4. The van der Waals surface area contributed by atoms with Crippen molar-refractivity contribution in [3.05, 3.63) is 12.2 Å². The fourth-order valence-corrected chi connectivity index (χ4v) is 3.50. The van der Waals surface area contributed by atoms with Gasteiger partial charge in [-0.25, -0.2) is 9.59 Å². The molecule has 1 aliphatic rings. The van der Waals surface area contributed by atoms with E-state index in [9.17, 15) is 29.4 Å². The van der Waals surface area contributed by atoms with Crippen molar-refractivity contribution in [2.24, 2.45) is 5.92 Å². The van der Waals surface area contributed by atoms with Crippen LogP contribution in [0.25, 0.3) is 0 Å². The Morgan fingerprint density at radius 1 is 1.21 bits per heavy atom. The van der Waals surface area contributed by atoms with Crippen LogP contribution in [0, 0.1) is 5.92 Å². The molecule has 1 fully saturated rings. The summed E-state index contributed by atoms with van der Waals surface area (Å²) in [4.78, 5) is 50.1. The number of nitrogens with one attached hydrogen (secondary N) is 2. The van der Waals surface area contributed by atoms with Crippen molar-refractivity contribution in [2.45, 2.75) is 90.5 Å². The lowest BCUT2D eigenvalue weighted by Gasteiger charge is -2.27. The number of rotatable bonds is 11. The van der Waals surface area contributed by atoms with Gasteiger partial charge in [-0.3, -0.25) is 9.59 Å². The molecule has 10 heteroatoms. The Morgan fingerprint density at radius 3 is 2.45 bits per heavy atom. The molecule has 188 valence electrons. The smallest absolute Gasteiger partial charge is 0.408 e. The predicted octanol–water partition coefficient (Wildman–Crippen LogP) is 1.81. The third kappa shape index (κ3) is 10.2. The minimum atomic E-state index is -1.18. The van der Waals surface area contributed by atoms with E-state index in [0.717, 1.165) is 30.6 Å². The van der Waals surface area contributed by atoms with E-state index in [0.29, 0.717) is 0 Å². The molecule has 0 aliphatic carbocycles. The molecule has 3 amide bonds. The van der Waals surface area contributed by atoms with Gasteiger partial charge in [0.15, 0.2) is 0 Å². The number of hydrogen-bond donors (Lipinski definition) is 4. The molecule has 3 unspecified atom stereocenters. The molecule has 0 aromatic carbocycles. The summed E-state index contributed by atoms with van der Waals surface area (Å²) in [7, 11) is 0. The lowest BCUT2D eigenvalue weighted by atomic mass is 10.00. The van der Waals surface area contributed by atoms with Crippen LogP contribution in [0.5, 0.6) is 0 Å². The highest BCUT2D eigenvalue weighted by molar-refractivity contribution is 5.92. The van der Waals surface area contributed by atoms with Crippen molar-refractivity contribution < 1.29 is 34.1 Å². The lowest BCUT2D eigenvalue weighted by molar-refractivity contribution is -0.144. The number of carbonyl (C=O) groups is 4. The molecule has 1 saturated heterocycles. The maximum atomic E-state index is 12.9. The van der Waals surface area contributed by atoms with Crippen molar-refractivity contribution in [1.82, 2.24) is 15.5 Å². The van der Waals surface area contributed by atoms with Crippen LogP contribution >= 0.6 is 0 Å². The number of aliphatic carboxylic acids is 1. The van der Waals surface area contributed by atoms with Crippen molar-refractivity contribution in [1.29, 1.82) is 0 Å². The van der Waals surface area contributed by atoms with Gasteiger partial charge in [-0.05, 0) is 33.6 Å². The van der Waals surface area contributed by atoms with E-state index in [1.807, 2.05) is 6.08 Å². The molecule has 1 heterocycles.